The number of carbonyl (C=O) groups excluding carboxylic acids is 1. The molecule has 25 heavy (non-hydrogen) atoms. The molecule has 3 rings (SSSR count). The average molecular weight is 353 g/mol. The summed E-state index contributed by atoms with van der Waals surface area (Å²) in [6.45, 7) is 4.22. The first-order chi connectivity index (χ1) is 12.1. The fourth-order valence-corrected chi connectivity index (χ4v) is 3.22. The summed E-state index contributed by atoms with van der Waals surface area (Å²) in [6, 6.07) is 17.7. The molecule has 0 atom stereocenters. The van der Waals surface area contributed by atoms with Gasteiger partial charge < -0.3 is 4.74 Å². The number of nitrogens with zero attached hydrogens (tertiary/aromatic N) is 3. The summed E-state index contributed by atoms with van der Waals surface area (Å²) in [6.07, 6.45) is 0. The zero-order valence-corrected chi connectivity index (χ0v) is 15.0. The van der Waals surface area contributed by atoms with Crippen LogP contribution in [0, 0.1) is 13.8 Å². The molecule has 0 aliphatic heterocycles. The van der Waals surface area contributed by atoms with E-state index >= 15 is 0 Å². The number of rotatable bonds is 6. The van der Waals surface area contributed by atoms with Crippen molar-refractivity contribution in [3.05, 3.63) is 71.5 Å². The number of esters is 1. The van der Waals surface area contributed by atoms with Crippen LogP contribution in [0.25, 0.3) is 5.69 Å². The highest BCUT2D eigenvalue weighted by Crippen LogP contribution is 2.24. The average Bonchev–Trinajstić information content (AvgIpc) is 3.00. The van der Waals surface area contributed by atoms with Gasteiger partial charge in [0, 0.05) is 0 Å². The van der Waals surface area contributed by atoms with E-state index in [2.05, 4.69) is 10.2 Å². The summed E-state index contributed by atoms with van der Waals surface area (Å²) in [7, 11) is 0. The Morgan fingerprint density at radius 2 is 1.76 bits per heavy atom. The maximum atomic E-state index is 12.0. The topological polar surface area (TPSA) is 57.0 Å². The van der Waals surface area contributed by atoms with Crippen molar-refractivity contribution in [2.24, 2.45) is 0 Å². The zero-order valence-electron chi connectivity index (χ0n) is 14.2. The van der Waals surface area contributed by atoms with Gasteiger partial charge in [-0.05, 0) is 31.0 Å². The van der Waals surface area contributed by atoms with E-state index in [4.69, 9.17) is 4.74 Å². The summed E-state index contributed by atoms with van der Waals surface area (Å²) >= 11 is 1.33. The Morgan fingerprint density at radius 1 is 1.04 bits per heavy atom. The SMILES string of the molecule is Cc1ccccc1-n1c(C)nnc1SCC(=O)OCc1ccccc1. The summed E-state index contributed by atoms with van der Waals surface area (Å²) in [5, 5.41) is 9.02. The Bertz CT molecular complexity index is 862. The number of aromatic nitrogens is 3. The van der Waals surface area contributed by atoms with Gasteiger partial charge in [-0.25, -0.2) is 0 Å². The minimum Gasteiger partial charge on any atom is -0.460 e. The molecule has 128 valence electrons. The number of benzene rings is 2. The smallest absolute Gasteiger partial charge is 0.316 e. The highest BCUT2D eigenvalue weighted by molar-refractivity contribution is 7.99. The van der Waals surface area contributed by atoms with Crippen LogP contribution in [0.1, 0.15) is 17.0 Å². The summed E-state index contributed by atoms with van der Waals surface area (Å²) < 4.78 is 7.27. The normalized spacial score (nSPS) is 10.6. The van der Waals surface area contributed by atoms with Crippen molar-refractivity contribution in [3.8, 4) is 5.69 Å². The molecular weight excluding hydrogens is 334 g/mol. The quantitative estimate of drug-likeness (QED) is 0.499. The number of hydrogen-bond acceptors (Lipinski definition) is 5. The number of aryl methyl sites for hydroxylation is 2. The van der Waals surface area contributed by atoms with E-state index in [1.807, 2.05) is 73.0 Å². The number of carbonyl (C=O) groups is 1. The van der Waals surface area contributed by atoms with Crippen molar-refractivity contribution in [1.29, 1.82) is 0 Å². The van der Waals surface area contributed by atoms with Crippen LogP contribution in [0.3, 0.4) is 0 Å². The van der Waals surface area contributed by atoms with E-state index in [0.717, 1.165) is 22.6 Å². The third-order valence-corrected chi connectivity index (χ3v) is 4.62. The lowest BCUT2D eigenvalue weighted by Gasteiger charge is -2.11. The van der Waals surface area contributed by atoms with E-state index in [1.54, 1.807) is 0 Å². The fourth-order valence-electron chi connectivity index (χ4n) is 2.43. The highest BCUT2D eigenvalue weighted by atomic mass is 32.2. The Morgan fingerprint density at radius 3 is 2.52 bits per heavy atom. The number of ether oxygens (including phenoxy) is 1. The maximum absolute atomic E-state index is 12.0. The lowest BCUT2D eigenvalue weighted by atomic mass is 10.2. The minimum absolute atomic E-state index is 0.191. The number of hydrogen-bond donors (Lipinski definition) is 0. The summed E-state index contributed by atoms with van der Waals surface area (Å²) in [4.78, 5) is 12.0. The molecule has 0 aliphatic carbocycles. The first-order valence-electron chi connectivity index (χ1n) is 7.95. The van der Waals surface area contributed by atoms with Gasteiger partial charge in [0.2, 0.25) is 0 Å². The third kappa shape index (κ3) is 4.28. The molecule has 2 aromatic carbocycles. The van der Waals surface area contributed by atoms with Crippen LogP contribution >= 0.6 is 11.8 Å². The lowest BCUT2D eigenvalue weighted by molar-refractivity contribution is -0.141. The molecule has 0 radical (unpaired) electrons. The van der Waals surface area contributed by atoms with Gasteiger partial charge in [-0.3, -0.25) is 9.36 Å². The minimum atomic E-state index is -0.272. The predicted molar refractivity (Wildman–Crippen MR) is 97.8 cm³/mol. The molecule has 3 aromatic rings. The Balaban J connectivity index is 1.64. The van der Waals surface area contributed by atoms with Gasteiger partial charge in [-0.15, -0.1) is 10.2 Å². The second-order valence-corrected chi connectivity index (χ2v) is 6.53. The van der Waals surface area contributed by atoms with Crippen LogP contribution < -0.4 is 0 Å². The summed E-state index contributed by atoms with van der Waals surface area (Å²) in [5.74, 6) is 0.705. The third-order valence-electron chi connectivity index (χ3n) is 3.71. The van der Waals surface area contributed by atoms with Gasteiger partial charge in [0.1, 0.15) is 12.4 Å². The first kappa shape index (κ1) is 17.2. The van der Waals surface area contributed by atoms with Crippen molar-refractivity contribution >= 4 is 17.7 Å². The molecule has 1 heterocycles. The molecule has 5 nitrogen and oxygen atoms in total. The van der Waals surface area contributed by atoms with Crippen LogP contribution in [0.4, 0.5) is 0 Å². The van der Waals surface area contributed by atoms with Gasteiger partial charge in [-0.2, -0.15) is 0 Å². The molecular formula is C19H19N3O2S. The number of para-hydroxylation sites is 1. The van der Waals surface area contributed by atoms with E-state index in [9.17, 15) is 4.79 Å². The fraction of sp³-hybridized carbons (Fsp3) is 0.211. The summed E-state index contributed by atoms with van der Waals surface area (Å²) in [5.41, 5.74) is 3.11. The van der Waals surface area contributed by atoms with Crippen LogP contribution in [0.15, 0.2) is 59.8 Å². The second kappa shape index (κ2) is 7.98. The number of thioether (sulfide) groups is 1. The Labute approximate surface area is 151 Å². The predicted octanol–water partition coefficient (Wildman–Crippen LogP) is 3.72. The van der Waals surface area contributed by atoms with Crippen molar-refractivity contribution in [3.63, 3.8) is 0 Å². The molecule has 0 unspecified atom stereocenters. The Kier molecular flexibility index (Phi) is 5.50. The lowest BCUT2D eigenvalue weighted by Crippen LogP contribution is -2.09. The van der Waals surface area contributed by atoms with Crippen LogP contribution in [0.5, 0.6) is 0 Å². The van der Waals surface area contributed by atoms with Gasteiger partial charge >= 0.3 is 5.97 Å². The molecule has 0 fully saturated rings. The molecule has 6 heteroatoms. The highest BCUT2D eigenvalue weighted by Gasteiger charge is 2.15. The van der Waals surface area contributed by atoms with Gasteiger partial charge in [0.25, 0.3) is 0 Å². The van der Waals surface area contributed by atoms with Gasteiger partial charge in [-0.1, -0.05) is 60.3 Å². The molecule has 0 bridgehead atoms. The van der Waals surface area contributed by atoms with Crippen LogP contribution in [0.2, 0.25) is 0 Å². The van der Waals surface area contributed by atoms with Crippen molar-refractivity contribution in [2.75, 3.05) is 5.75 Å². The van der Waals surface area contributed by atoms with Crippen LogP contribution in [-0.2, 0) is 16.1 Å². The Hall–Kier alpha value is -2.60. The van der Waals surface area contributed by atoms with E-state index in [1.165, 1.54) is 11.8 Å². The molecule has 0 saturated heterocycles. The van der Waals surface area contributed by atoms with E-state index in [0.29, 0.717) is 5.16 Å². The molecule has 0 amide bonds. The van der Waals surface area contributed by atoms with Crippen molar-refractivity contribution in [2.45, 2.75) is 25.6 Å². The van der Waals surface area contributed by atoms with Gasteiger partial charge in [0.15, 0.2) is 5.16 Å². The molecule has 0 saturated carbocycles. The molecule has 0 N–H and O–H groups in total. The second-order valence-electron chi connectivity index (χ2n) is 5.59. The molecule has 0 spiro atoms. The zero-order chi connectivity index (χ0) is 17.6. The molecule has 1 aromatic heterocycles. The van der Waals surface area contributed by atoms with Crippen LogP contribution in [-0.4, -0.2) is 26.5 Å². The van der Waals surface area contributed by atoms with Gasteiger partial charge in [0.05, 0.1) is 11.4 Å². The standard InChI is InChI=1S/C19H19N3O2S/c1-14-8-6-7-11-17(14)22-15(2)20-21-19(22)25-13-18(23)24-12-16-9-4-3-5-10-16/h3-11H,12-13H2,1-2H3. The van der Waals surface area contributed by atoms with Crippen molar-refractivity contribution < 1.29 is 9.53 Å². The first-order valence-corrected chi connectivity index (χ1v) is 8.94. The maximum Gasteiger partial charge on any atom is 0.316 e. The van der Waals surface area contributed by atoms with E-state index in [-0.39, 0.29) is 18.3 Å². The molecule has 0 aliphatic rings. The monoisotopic (exact) mass is 353 g/mol. The largest absolute Gasteiger partial charge is 0.460 e. The van der Waals surface area contributed by atoms with E-state index < -0.39 is 0 Å². The van der Waals surface area contributed by atoms with Crippen molar-refractivity contribution in [1.82, 2.24) is 14.8 Å².